The van der Waals surface area contributed by atoms with Crippen LogP contribution in [0.5, 0.6) is 11.5 Å². The molecule has 2 aromatic carbocycles. The van der Waals surface area contributed by atoms with Crippen molar-refractivity contribution in [2.75, 3.05) is 13.7 Å². The highest BCUT2D eigenvalue weighted by Gasteiger charge is 2.11. The lowest BCUT2D eigenvalue weighted by molar-refractivity contribution is -0.385. The van der Waals surface area contributed by atoms with Crippen molar-refractivity contribution in [1.29, 1.82) is 0 Å². The molecule has 0 radical (unpaired) electrons. The summed E-state index contributed by atoms with van der Waals surface area (Å²) in [5, 5.41) is 13.6. The highest BCUT2D eigenvalue weighted by atomic mass is 19.3. The molecule has 0 saturated carbocycles. The van der Waals surface area contributed by atoms with E-state index in [9.17, 15) is 23.7 Å². The number of hydrogen-bond donors (Lipinski definition) is 1. The maximum absolute atomic E-state index is 12.3. The molecule has 0 atom stereocenters. The van der Waals surface area contributed by atoms with E-state index < -0.39 is 17.4 Å². The molecule has 0 aliphatic carbocycles. The number of nitrogens with one attached hydrogen (secondary N) is 1. The Morgan fingerprint density at radius 2 is 2.00 bits per heavy atom. The number of benzene rings is 2. The summed E-state index contributed by atoms with van der Waals surface area (Å²) in [5.74, 6) is -0.319. The van der Waals surface area contributed by atoms with Crippen LogP contribution in [0.1, 0.15) is 11.1 Å². The van der Waals surface area contributed by atoms with E-state index in [0.29, 0.717) is 12.0 Å². The van der Waals surface area contributed by atoms with Crippen LogP contribution in [0.15, 0.2) is 48.5 Å². The van der Waals surface area contributed by atoms with Gasteiger partial charge in [0.2, 0.25) is 5.91 Å². The van der Waals surface area contributed by atoms with Gasteiger partial charge in [0.25, 0.3) is 5.69 Å². The van der Waals surface area contributed by atoms with Crippen molar-refractivity contribution in [2.45, 2.75) is 13.0 Å². The Balaban J connectivity index is 1.91. The van der Waals surface area contributed by atoms with Gasteiger partial charge in [-0.3, -0.25) is 14.9 Å². The van der Waals surface area contributed by atoms with Crippen LogP contribution < -0.4 is 14.8 Å². The highest BCUT2D eigenvalue weighted by molar-refractivity contribution is 5.92. The highest BCUT2D eigenvalue weighted by Crippen LogP contribution is 2.29. The molecule has 0 heterocycles. The number of nitrogens with zero attached hydrogens (tertiary/aromatic N) is 1. The van der Waals surface area contributed by atoms with Crippen molar-refractivity contribution >= 4 is 17.7 Å². The van der Waals surface area contributed by atoms with Crippen molar-refractivity contribution in [2.24, 2.45) is 0 Å². The molecule has 0 saturated heterocycles. The summed E-state index contributed by atoms with van der Waals surface area (Å²) in [5.41, 5.74) is 0.980. The fraction of sp³-hybridized carbons (Fsp3) is 0.211. The van der Waals surface area contributed by atoms with E-state index in [1.165, 1.54) is 37.5 Å². The van der Waals surface area contributed by atoms with Crippen molar-refractivity contribution in [3.05, 3.63) is 69.8 Å². The van der Waals surface area contributed by atoms with Crippen LogP contribution in [0.4, 0.5) is 14.5 Å². The third-order valence-corrected chi connectivity index (χ3v) is 3.70. The Hall–Kier alpha value is -3.49. The molecule has 0 aromatic heterocycles. The molecule has 0 bridgehead atoms. The molecular formula is C19H18F2N2O5. The van der Waals surface area contributed by atoms with Crippen LogP contribution in [0.25, 0.3) is 6.08 Å². The third kappa shape index (κ3) is 6.04. The Morgan fingerprint density at radius 3 is 2.68 bits per heavy atom. The monoisotopic (exact) mass is 392 g/mol. The van der Waals surface area contributed by atoms with Crippen LogP contribution >= 0.6 is 0 Å². The van der Waals surface area contributed by atoms with Gasteiger partial charge < -0.3 is 14.8 Å². The van der Waals surface area contributed by atoms with Crippen LogP contribution in [0, 0.1) is 10.1 Å². The van der Waals surface area contributed by atoms with E-state index in [1.54, 1.807) is 24.3 Å². The largest absolute Gasteiger partial charge is 0.493 e. The quantitative estimate of drug-likeness (QED) is 0.400. The third-order valence-electron chi connectivity index (χ3n) is 3.70. The zero-order valence-corrected chi connectivity index (χ0v) is 14.9. The average molecular weight is 392 g/mol. The molecule has 0 aliphatic heterocycles. The standard InChI is InChI=1S/C19H18F2N2O5/c1-27-17-12-13(6-8-16(17)28-19(20)21)10-11-22-18(24)9-7-14-4-2-3-5-15(14)23(25)26/h2-9,12,19H,10-11H2,1H3,(H,22,24)/b9-7+. The second-order valence-electron chi connectivity index (χ2n) is 5.55. The molecule has 148 valence electrons. The molecule has 28 heavy (non-hydrogen) atoms. The Morgan fingerprint density at radius 1 is 1.25 bits per heavy atom. The molecule has 0 spiro atoms. The van der Waals surface area contributed by atoms with Crippen molar-refractivity contribution in [3.8, 4) is 11.5 Å². The fourth-order valence-electron chi connectivity index (χ4n) is 2.41. The van der Waals surface area contributed by atoms with Crippen molar-refractivity contribution in [1.82, 2.24) is 5.32 Å². The number of amides is 1. The zero-order valence-electron chi connectivity index (χ0n) is 14.9. The number of nitro benzene ring substituents is 1. The number of methoxy groups -OCH3 is 1. The van der Waals surface area contributed by atoms with Crippen molar-refractivity contribution in [3.63, 3.8) is 0 Å². The maximum atomic E-state index is 12.3. The second kappa shape index (κ2) is 10.0. The molecule has 2 aromatic rings. The van der Waals surface area contributed by atoms with E-state index in [-0.39, 0.29) is 23.7 Å². The SMILES string of the molecule is COc1cc(CCNC(=O)/C=C/c2ccccc2[N+](=O)[O-])ccc1OC(F)F. The molecule has 0 unspecified atom stereocenters. The minimum Gasteiger partial charge on any atom is -0.493 e. The number of carbonyl (C=O) groups excluding carboxylic acids is 1. The van der Waals surface area contributed by atoms with E-state index in [2.05, 4.69) is 10.1 Å². The summed E-state index contributed by atoms with van der Waals surface area (Å²) in [6.45, 7) is -2.68. The number of halogens is 2. The lowest BCUT2D eigenvalue weighted by atomic mass is 10.1. The normalized spacial score (nSPS) is 10.9. The van der Waals surface area contributed by atoms with Crippen LogP contribution in [-0.2, 0) is 11.2 Å². The number of carbonyl (C=O) groups is 1. The van der Waals surface area contributed by atoms with E-state index in [4.69, 9.17) is 4.74 Å². The Labute approximate surface area is 159 Å². The zero-order chi connectivity index (χ0) is 20.5. The molecule has 2 rings (SSSR count). The first-order valence-corrected chi connectivity index (χ1v) is 8.21. The minimum absolute atomic E-state index is 0.0716. The topological polar surface area (TPSA) is 90.7 Å². The number of para-hydroxylation sites is 1. The van der Waals surface area contributed by atoms with Crippen LogP contribution in [0.2, 0.25) is 0 Å². The first-order chi connectivity index (χ1) is 13.4. The van der Waals surface area contributed by atoms with Crippen LogP contribution in [0.3, 0.4) is 0 Å². The second-order valence-corrected chi connectivity index (χ2v) is 5.55. The van der Waals surface area contributed by atoms with Crippen molar-refractivity contribution < 1.29 is 28.0 Å². The molecule has 1 amide bonds. The minimum atomic E-state index is -2.95. The molecule has 7 nitrogen and oxygen atoms in total. The van der Waals surface area contributed by atoms with Gasteiger partial charge >= 0.3 is 6.61 Å². The Bertz CT molecular complexity index is 871. The van der Waals surface area contributed by atoms with Gasteiger partial charge in [0.05, 0.1) is 17.6 Å². The molecule has 0 fully saturated rings. The number of ether oxygens (including phenoxy) is 2. The predicted octanol–water partition coefficient (Wildman–Crippen LogP) is 3.58. The first kappa shape index (κ1) is 20.8. The summed E-state index contributed by atoms with van der Waals surface area (Å²) in [4.78, 5) is 22.3. The smallest absolute Gasteiger partial charge is 0.387 e. The number of nitro groups is 1. The van der Waals surface area contributed by atoms with E-state index in [0.717, 1.165) is 5.56 Å². The van der Waals surface area contributed by atoms with Gasteiger partial charge in [0.1, 0.15) is 0 Å². The van der Waals surface area contributed by atoms with Gasteiger partial charge in [-0.1, -0.05) is 18.2 Å². The van der Waals surface area contributed by atoms with Gasteiger partial charge in [-0.15, -0.1) is 0 Å². The summed E-state index contributed by atoms with van der Waals surface area (Å²) in [6.07, 6.45) is 3.01. The van der Waals surface area contributed by atoms with Gasteiger partial charge in [-0.2, -0.15) is 8.78 Å². The summed E-state index contributed by atoms with van der Waals surface area (Å²) >= 11 is 0. The maximum Gasteiger partial charge on any atom is 0.387 e. The van der Waals surface area contributed by atoms with Gasteiger partial charge in [-0.25, -0.2) is 0 Å². The van der Waals surface area contributed by atoms with Crippen LogP contribution in [-0.4, -0.2) is 31.1 Å². The fourth-order valence-corrected chi connectivity index (χ4v) is 2.41. The average Bonchev–Trinajstić information content (AvgIpc) is 2.67. The molecular weight excluding hydrogens is 374 g/mol. The van der Waals surface area contributed by atoms with Gasteiger partial charge in [-0.05, 0) is 36.3 Å². The first-order valence-electron chi connectivity index (χ1n) is 8.21. The Kier molecular flexibility index (Phi) is 7.44. The summed E-state index contributed by atoms with van der Waals surface area (Å²) < 4.78 is 34.0. The predicted molar refractivity (Wildman–Crippen MR) is 98.5 cm³/mol. The number of rotatable bonds is 9. The van der Waals surface area contributed by atoms with E-state index >= 15 is 0 Å². The molecule has 9 heteroatoms. The molecule has 0 aliphatic rings. The number of alkyl halides is 2. The van der Waals surface area contributed by atoms with Gasteiger partial charge in [0, 0.05) is 18.7 Å². The molecule has 1 N–H and O–H groups in total. The number of hydrogen-bond acceptors (Lipinski definition) is 5. The lowest BCUT2D eigenvalue weighted by Gasteiger charge is -2.11. The van der Waals surface area contributed by atoms with E-state index in [1.807, 2.05) is 0 Å². The van der Waals surface area contributed by atoms with Gasteiger partial charge in [0.15, 0.2) is 11.5 Å². The lowest BCUT2D eigenvalue weighted by Crippen LogP contribution is -2.23. The summed E-state index contributed by atoms with van der Waals surface area (Å²) in [6, 6.07) is 10.6. The summed E-state index contributed by atoms with van der Waals surface area (Å²) in [7, 11) is 1.34.